The zero-order valence-corrected chi connectivity index (χ0v) is 20.4. The Balaban J connectivity index is 1.25. The molecule has 0 nitrogen and oxygen atoms in total. The maximum absolute atomic E-state index is 12.4. The zero-order valence-electron chi connectivity index (χ0n) is 20.4. The average molecular weight is 421 g/mol. The topological polar surface area (TPSA) is 0 Å². The molecule has 0 unspecified atom stereocenters. The lowest BCUT2D eigenvalue weighted by Gasteiger charge is -2.41. The van der Waals surface area contributed by atoms with Gasteiger partial charge in [-0.15, -0.1) is 0 Å². The Kier molecular flexibility index (Phi) is 11.6. The average Bonchev–Trinajstić information content (AvgIpc) is 2.81. The lowest BCUT2D eigenvalue weighted by Crippen LogP contribution is -2.29. The Hall–Kier alpha value is -0.0700. The Morgan fingerprint density at radius 1 is 0.467 bits per heavy atom. The lowest BCUT2D eigenvalue weighted by atomic mass is 9.64. The van der Waals surface area contributed by atoms with E-state index in [9.17, 15) is 4.39 Å². The van der Waals surface area contributed by atoms with Crippen LogP contribution in [0.25, 0.3) is 0 Å². The van der Waals surface area contributed by atoms with Gasteiger partial charge in [-0.2, -0.15) is 0 Å². The van der Waals surface area contributed by atoms with Crippen molar-refractivity contribution in [2.45, 2.75) is 142 Å². The first kappa shape index (κ1) is 24.6. The van der Waals surface area contributed by atoms with Crippen molar-refractivity contribution in [3.8, 4) is 0 Å². The van der Waals surface area contributed by atoms with Crippen LogP contribution in [0.3, 0.4) is 0 Å². The molecule has 0 atom stereocenters. The van der Waals surface area contributed by atoms with E-state index in [1.165, 1.54) is 83.5 Å². The lowest BCUT2D eigenvalue weighted by molar-refractivity contribution is 0.102. The van der Waals surface area contributed by atoms with Crippen LogP contribution in [0.2, 0.25) is 0 Å². The summed E-state index contributed by atoms with van der Waals surface area (Å²) in [5, 5.41) is 0. The molecule has 3 rings (SSSR count). The number of halogens is 1. The van der Waals surface area contributed by atoms with E-state index < -0.39 is 0 Å². The van der Waals surface area contributed by atoms with Crippen LogP contribution in [-0.4, -0.2) is 6.67 Å². The molecular weight excluding hydrogens is 367 g/mol. The third kappa shape index (κ3) is 8.12. The van der Waals surface area contributed by atoms with Gasteiger partial charge in [0, 0.05) is 0 Å². The van der Waals surface area contributed by atoms with Crippen LogP contribution >= 0.6 is 0 Å². The SMILES string of the molecule is CCCCCCCCC1CCC(C2CCC(C3CCC(CCCF)CC3)CC2)CC1. The molecule has 3 saturated carbocycles. The van der Waals surface area contributed by atoms with Gasteiger partial charge in [0.1, 0.15) is 0 Å². The summed E-state index contributed by atoms with van der Waals surface area (Å²) in [4.78, 5) is 0. The van der Waals surface area contributed by atoms with Crippen LogP contribution in [0.4, 0.5) is 4.39 Å². The van der Waals surface area contributed by atoms with Gasteiger partial charge in [0.15, 0.2) is 0 Å². The molecule has 0 radical (unpaired) electrons. The minimum absolute atomic E-state index is 0.106. The largest absolute Gasteiger partial charge is 0.251 e. The minimum atomic E-state index is -0.106. The number of unbranched alkanes of at least 4 members (excludes halogenated alkanes) is 5. The summed E-state index contributed by atoms with van der Waals surface area (Å²) in [6.45, 7) is 2.21. The van der Waals surface area contributed by atoms with Gasteiger partial charge in [0.05, 0.1) is 6.67 Å². The third-order valence-corrected chi connectivity index (χ3v) is 9.64. The van der Waals surface area contributed by atoms with Crippen molar-refractivity contribution >= 4 is 0 Å². The first-order valence-corrected chi connectivity index (χ1v) is 14.4. The van der Waals surface area contributed by atoms with Gasteiger partial charge in [-0.05, 0) is 99.7 Å². The van der Waals surface area contributed by atoms with Crippen LogP contribution in [0.5, 0.6) is 0 Å². The quantitative estimate of drug-likeness (QED) is 0.275. The molecule has 176 valence electrons. The van der Waals surface area contributed by atoms with Crippen molar-refractivity contribution in [2.24, 2.45) is 35.5 Å². The molecule has 0 saturated heterocycles. The van der Waals surface area contributed by atoms with Gasteiger partial charge in [-0.1, -0.05) is 77.6 Å². The van der Waals surface area contributed by atoms with Gasteiger partial charge < -0.3 is 0 Å². The van der Waals surface area contributed by atoms with Gasteiger partial charge in [0.25, 0.3) is 0 Å². The van der Waals surface area contributed by atoms with E-state index in [4.69, 9.17) is 0 Å². The minimum Gasteiger partial charge on any atom is -0.251 e. The van der Waals surface area contributed by atoms with Crippen molar-refractivity contribution < 1.29 is 4.39 Å². The van der Waals surface area contributed by atoms with E-state index in [2.05, 4.69) is 6.92 Å². The van der Waals surface area contributed by atoms with E-state index >= 15 is 0 Å². The van der Waals surface area contributed by atoms with E-state index in [1.807, 2.05) is 0 Å². The van der Waals surface area contributed by atoms with E-state index in [0.29, 0.717) is 0 Å². The van der Waals surface area contributed by atoms with Crippen LogP contribution in [0, 0.1) is 35.5 Å². The highest BCUT2D eigenvalue weighted by atomic mass is 19.1. The molecule has 30 heavy (non-hydrogen) atoms. The van der Waals surface area contributed by atoms with E-state index in [1.54, 1.807) is 38.5 Å². The van der Waals surface area contributed by atoms with Crippen molar-refractivity contribution in [3.63, 3.8) is 0 Å². The summed E-state index contributed by atoms with van der Waals surface area (Å²) in [6, 6.07) is 0. The van der Waals surface area contributed by atoms with Gasteiger partial charge in [-0.25, -0.2) is 0 Å². The molecule has 0 heterocycles. The fourth-order valence-corrected chi connectivity index (χ4v) is 7.56. The molecule has 0 aromatic heterocycles. The predicted octanol–water partition coefficient (Wildman–Crippen LogP) is 9.91. The molecule has 0 amide bonds. The Labute approximate surface area is 188 Å². The molecular formula is C29H53F. The normalized spacial score (nSPS) is 35.4. The fraction of sp³-hybridized carbons (Fsp3) is 1.00. The molecule has 3 fully saturated rings. The number of rotatable bonds is 12. The summed E-state index contributed by atoms with van der Waals surface area (Å²) < 4.78 is 12.4. The monoisotopic (exact) mass is 420 g/mol. The number of hydrogen-bond acceptors (Lipinski definition) is 0. The molecule has 1 heteroatoms. The molecule has 3 aliphatic carbocycles. The van der Waals surface area contributed by atoms with Crippen LogP contribution in [0.1, 0.15) is 142 Å². The number of hydrogen-bond donors (Lipinski definition) is 0. The molecule has 0 aromatic rings. The Morgan fingerprint density at radius 2 is 0.833 bits per heavy atom. The molecule has 0 aliphatic heterocycles. The highest BCUT2D eigenvalue weighted by Gasteiger charge is 2.34. The van der Waals surface area contributed by atoms with Crippen LogP contribution in [-0.2, 0) is 0 Å². The van der Waals surface area contributed by atoms with Gasteiger partial charge >= 0.3 is 0 Å². The maximum Gasteiger partial charge on any atom is 0.0894 e. The molecule has 0 bridgehead atoms. The van der Waals surface area contributed by atoms with Crippen molar-refractivity contribution in [3.05, 3.63) is 0 Å². The highest BCUT2D eigenvalue weighted by molar-refractivity contribution is 4.86. The summed E-state index contributed by atoms with van der Waals surface area (Å²) in [7, 11) is 0. The fourth-order valence-electron chi connectivity index (χ4n) is 7.56. The molecule has 0 N–H and O–H groups in total. The summed E-state index contributed by atoms with van der Waals surface area (Å²) in [6.07, 6.45) is 30.3. The van der Waals surface area contributed by atoms with Crippen molar-refractivity contribution in [1.29, 1.82) is 0 Å². The predicted molar refractivity (Wildman–Crippen MR) is 130 cm³/mol. The van der Waals surface area contributed by atoms with Gasteiger partial charge in [-0.3, -0.25) is 4.39 Å². The summed E-state index contributed by atoms with van der Waals surface area (Å²) in [5.74, 6) is 6.10. The van der Waals surface area contributed by atoms with Crippen molar-refractivity contribution in [1.82, 2.24) is 0 Å². The molecule has 0 spiro atoms. The number of alkyl halides is 1. The second kappa shape index (κ2) is 14.2. The first-order valence-electron chi connectivity index (χ1n) is 14.4. The third-order valence-electron chi connectivity index (χ3n) is 9.64. The smallest absolute Gasteiger partial charge is 0.0894 e. The van der Waals surface area contributed by atoms with Crippen LogP contribution in [0.15, 0.2) is 0 Å². The first-order chi connectivity index (χ1) is 14.8. The standard InChI is InChI=1S/C29H53F/c1-2-3-4-5-6-7-9-24-11-15-26(16-12-24)28-19-21-29(22-20-28)27-17-13-25(14-18-27)10-8-23-30/h24-29H,2-23H2,1H3. The van der Waals surface area contributed by atoms with Crippen LogP contribution < -0.4 is 0 Å². The molecule has 3 aliphatic rings. The maximum atomic E-state index is 12.4. The summed E-state index contributed by atoms with van der Waals surface area (Å²) in [5.41, 5.74) is 0. The Morgan fingerprint density at radius 3 is 1.27 bits per heavy atom. The zero-order chi connectivity index (χ0) is 21.0. The highest BCUT2D eigenvalue weighted by Crippen LogP contribution is 2.46. The summed E-state index contributed by atoms with van der Waals surface area (Å²) >= 11 is 0. The van der Waals surface area contributed by atoms with E-state index in [-0.39, 0.29) is 6.67 Å². The van der Waals surface area contributed by atoms with Crippen molar-refractivity contribution in [2.75, 3.05) is 6.67 Å². The Bertz CT molecular complexity index is 408. The second-order valence-electron chi connectivity index (χ2n) is 11.6. The molecule has 0 aromatic carbocycles. The van der Waals surface area contributed by atoms with E-state index in [0.717, 1.165) is 48.3 Å². The van der Waals surface area contributed by atoms with Gasteiger partial charge in [0.2, 0.25) is 0 Å². The second-order valence-corrected chi connectivity index (χ2v) is 11.6.